The average Bonchev–Trinajstić information content (AvgIpc) is 2.19. The lowest BCUT2D eigenvalue weighted by Gasteiger charge is -2.35. The van der Waals surface area contributed by atoms with Gasteiger partial charge in [-0.3, -0.25) is 0 Å². The molecule has 0 aromatic carbocycles. The third-order valence-electron chi connectivity index (χ3n) is 2.85. The van der Waals surface area contributed by atoms with Crippen LogP contribution < -0.4 is 0 Å². The molecular weight excluding hydrogens is 188 g/mol. The molecule has 0 aromatic rings. The summed E-state index contributed by atoms with van der Waals surface area (Å²) < 4.78 is 0. The lowest BCUT2D eigenvalue weighted by Crippen LogP contribution is -2.47. The molecule has 0 spiro atoms. The molecule has 5 nitrogen and oxygen atoms in total. The second kappa shape index (κ2) is 5.04. The number of aliphatic hydroxyl groups excluding tert-OH is 5. The Kier molecular flexibility index (Phi) is 4.28. The summed E-state index contributed by atoms with van der Waals surface area (Å²) in [5, 5.41) is 45.9. The van der Waals surface area contributed by atoms with Crippen molar-refractivity contribution in [1.82, 2.24) is 0 Å². The predicted molar refractivity (Wildman–Crippen MR) is 48.5 cm³/mol. The first kappa shape index (κ1) is 11.9. The van der Waals surface area contributed by atoms with Crippen molar-refractivity contribution in [2.45, 2.75) is 43.7 Å². The highest BCUT2D eigenvalue weighted by Crippen LogP contribution is 2.28. The van der Waals surface area contributed by atoms with E-state index in [9.17, 15) is 20.4 Å². The van der Waals surface area contributed by atoms with E-state index < -0.39 is 24.4 Å². The highest BCUT2D eigenvalue weighted by Gasteiger charge is 2.36. The molecule has 0 heterocycles. The summed E-state index contributed by atoms with van der Waals surface area (Å²) in [5.74, 6) is -0.254. The first-order valence-corrected chi connectivity index (χ1v) is 4.89. The van der Waals surface area contributed by atoms with Crippen LogP contribution in [0.25, 0.3) is 0 Å². The molecule has 1 saturated carbocycles. The summed E-state index contributed by atoms with van der Waals surface area (Å²) in [6, 6.07) is 0. The molecule has 5 heteroatoms. The zero-order valence-electron chi connectivity index (χ0n) is 7.95. The first-order valence-electron chi connectivity index (χ1n) is 4.89. The van der Waals surface area contributed by atoms with Crippen LogP contribution in [-0.4, -0.2) is 56.6 Å². The van der Waals surface area contributed by atoms with Gasteiger partial charge >= 0.3 is 0 Å². The second-order valence-electron chi connectivity index (χ2n) is 3.96. The van der Waals surface area contributed by atoms with Crippen molar-refractivity contribution >= 4 is 0 Å². The molecule has 5 N–H and O–H groups in total. The lowest BCUT2D eigenvalue weighted by molar-refractivity contribution is -0.118. The van der Waals surface area contributed by atoms with Gasteiger partial charge in [-0.25, -0.2) is 0 Å². The molecule has 1 unspecified atom stereocenters. The Bertz CT molecular complexity index is 175. The molecule has 0 radical (unpaired) electrons. The van der Waals surface area contributed by atoms with Gasteiger partial charge in [0.25, 0.3) is 0 Å². The van der Waals surface area contributed by atoms with E-state index in [2.05, 4.69) is 0 Å². The van der Waals surface area contributed by atoms with E-state index in [0.29, 0.717) is 12.8 Å². The standard InChI is InChI=1S/C9H18O5/c10-4-6(11)3-5-1-2-7(12)9(14)8(5)13/h5-14H,1-4H2/t5-,6?,7-,8+,9+/m1/s1. The minimum Gasteiger partial charge on any atom is -0.394 e. The fraction of sp³-hybridized carbons (Fsp3) is 1.00. The van der Waals surface area contributed by atoms with E-state index in [0.717, 1.165) is 0 Å². The molecule has 5 atom stereocenters. The minimum atomic E-state index is -1.14. The van der Waals surface area contributed by atoms with Crippen LogP contribution in [0.5, 0.6) is 0 Å². The van der Waals surface area contributed by atoms with Gasteiger partial charge in [0.1, 0.15) is 6.10 Å². The van der Waals surface area contributed by atoms with E-state index in [-0.39, 0.29) is 18.9 Å². The fourth-order valence-electron chi connectivity index (χ4n) is 1.91. The van der Waals surface area contributed by atoms with Crippen LogP contribution in [0.3, 0.4) is 0 Å². The number of hydrogen-bond acceptors (Lipinski definition) is 5. The molecule has 1 rings (SSSR count). The molecule has 84 valence electrons. The number of rotatable bonds is 3. The summed E-state index contributed by atoms with van der Waals surface area (Å²) in [6.45, 7) is -0.345. The molecule has 0 bridgehead atoms. The van der Waals surface area contributed by atoms with Gasteiger partial charge in [0.15, 0.2) is 0 Å². The smallest absolute Gasteiger partial charge is 0.106 e. The summed E-state index contributed by atoms with van der Waals surface area (Å²) in [6.07, 6.45) is -2.68. The van der Waals surface area contributed by atoms with Crippen LogP contribution in [0.15, 0.2) is 0 Å². The molecule has 0 aromatic heterocycles. The number of hydrogen-bond donors (Lipinski definition) is 5. The average molecular weight is 206 g/mol. The first-order chi connectivity index (χ1) is 6.56. The maximum Gasteiger partial charge on any atom is 0.106 e. The summed E-state index contributed by atoms with van der Waals surface area (Å²) in [5.41, 5.74) is 0. The van der Waals surface area contributed by atoms with Gasteiger partial charge in [0.2, 0.25) is 0 Å². The van der Waals surface area contributed by atoms with E-state index in [4.69, 9.17) is 5.11 Å². The van der Waals surface area contributed by atoms with Gasteiger partial charge in [-0.1, -0.05) is 0 Å². The molecule has 14 heavy (non-hydrogen) atoms. The van der Waals surface area contributed by atoms with Crippen LogP contribution in [0.1, 0.15) is 19.3 Å². The van der Waals surface area contributed by atoms with Crippen LogP contribution in [0.2, 0.25) is 0 Å². The Balaban J connectivity index is 2.46. The number of aliphatic hydroxyl groups is 5. The zero-order valence-corrected chi connectivity index (χ0v) is 7.95. The van der Waals surface area contributed by atoms with E-state index >= 15 is 0 Å². The maximum absolute atomic E-state index is 9.55. The van der Waals surface area contributed by atoms with Crippen LogP contribution in [0.4, 0.5) is 0 Å². The Labute approximate surface area is 82.6 Å². The van der Waals surface area contributed by atoms with Crippen molar-refractivity contribution in [3.05, 3.63) is 0 Å². The highest BCUT2D eigenvalue weighted by atomic mass is 16.4. The molecular formula is C9H18O5. The van der Waals surface area contributed by atoms with Crippen molar-refractivity contribution in [3.63, 3.8) is 0 Å². The Morgan fingerprint density at radius 3 is 2.29 bits per heavy atom. The van der Waals surface area contributed by atoms with Crippen molar-refractivity contribution in [3.8, 4) is 0 Å². The van der Waals surface area contributed by atoms with Crippen LogP contribution in [0, 0.1) is 5.92 Å². The normalized spacial score (nSPS) is 40.9. The van der Waals surface area contributed by atoms with Crippen molar-refractivity contribution in [2.75, 3.05) is 6.61 Å². The fourth-order valence-corrected chi connectivity index (χ4v) is 1.91. The highest BCUT2D eigenvalue weighted by molar-refractivity contribution is 4.88. The minimum absolute atomic E-state index is 0.251. The predicted octanol–water partition coefficient (Wildman–Crippen LogP) is -1.78. The third-order valence-corrected chi connectivity index (χ3v) is 2.85. The topological polar surface area (TPSA) is 101 Å². The Morgan fingerprint density at radius 2 is 1.71 bits per heavy atom. The Morgan fingerprint density at radius 1 is 1.07 bits per heavy atom. The van der Waals surface area contributed by atoms with Gasteiger partial charge in [-0.15, -0.1) is 0 Å². The zero-order chi connectivity index (χ0) is 10.7. The SMILES string of the molecule is OCC(O)C[C@H]1CC[C@@H](O)[C@H](O)[C@H]1O. The quantitative estimate of drug-likeness (QED) is 0.376. The van der Waals surface area contributed by atoms with Gasteiger partial charge in [-0.05, 0) is 25.2 Å². The van der Waals surface area contributed by atoms with Crippen LogP contribution >= 0.6 is 0 Å². The largest absolute Gasteiger partial charge is 0.394 e. The van der Waals surface area contributed by atoms with Gasteiger partial charge < -0.3 is 25.5 Å². The van der Waals surface area contributed by atoms with Gasteiger partial charge in [-0.2, -0.15) is 0 Å². The summed E-state index contributed by atoms with van der Waals surface area (Å²) >= 11 is 0. The van der Waals surface area contributed by atoms with Crippen molar-refractivity contribution in [1.29, 1.82) is 0 Å². The van der Waals surface area contributed by atoms with Gasteiger partial charge in [0.05, 0.1) is 24.9 Å². The molecule has 0 amide bonds. The monoisotopic (exact) mass is 206 g/mol. The maximum atomic E-state index is 9.55. The Hall–Kier alpha value is -0.200. The van der Waals surface area contributed by atoms with Crippen molar-refractivity contribution < 1.29 is 25.5 Å². The van der Waals surface area contributed by atoms with Crippen LogP contribution in [-0.2, 0) is 0 Å². The molecule has 1 aliphatic rings. The van der Waals surface area contributed by atoms with E-state index in [1.54, 1.807) is 0 Å². The molecule has 1 fully saturated rings. The third kappa shape index (κ3) is 2.65. The van der Waals surface area contributed by atoms with E-state index in [1.165, 1.54) is 0 Å². The summed E-state index contributed by atoms with van der Waals surface area (Å²) in [4.78, 5) is 0. The summed E-state index contributed by atoms with van der Waals surface area (Å²) in [7, 11) is 0. The molecule has 1 aliphatic carbocycles. The van der Waals surface area contributed by atoms with Crippen molar-refractivity contribution in [2.24, 2.45) is 5.92 Å². The second-order valence-corrected chi connectivity index (χ2v) is 3.96. The molecule has 0 aliphatic heterocycles. The lowest BCUT2D eigenvalue weighted by atomic mass is 9.80. The molecule has 0 saturated heterocycles. The van der Waals surface area contributed by atoms with Gasteiger partial charge in [0, 0.05) is 0 Å². The van der Waals surface area contributed by atoms with E-state index in [1.807, 2.05) is 0 Å².